The van der Waals surface area contributed by atoms with E-state index in [0.717, 1.165) is 0 Å². The fraction of sp³-hybridized carbons (Fsp3) is 0.429. The summed E-state index contributed by atoms with van der Waals surface area (Å²) in [6, 6.07) is 3.17. The van der Waals surface area contributed by atoms with E-state index in [-0.39, 0.29) is 11.1 Å². The van der Waals surface area contributed by atoms with Gasteiger partial charge in [-0.05, 0) is 39.8 Å². The lowest BCUT2D eigenvalue weighted by atomic mass is 10.1. The molecule has 0 spiro atoms. The summed E-state index contributed by atoms with van der Waals surface area (Å²) in [4.78, 5) is 17.5. The van der Waals surface area contributed by atoms with Gasteiger partial charge < -0.3 is 10.0 Å². The zero-order valence-electron chi connectivity index (χ0n) is 11.4. The summed E-state index contributed by atoms with van der Waals surface area (Å²) in [6.45, 7) is 12.3. The molecule has 0 amide bonds. The molecule has 0 aliphatic rings. The molecule has 0 aliphatic heterocycles. The highest BCUT2D eigenvalue weighted by Gasteiger charge is 2.22. The number of hydrogen-bond acceptors (Lipinski definition) is 3. The molecule has 4 nitrogen and oxygen atoms in total. The highest BCUT2D eigenvalue weighted by atomic mass is 16.4. The number of hydrogen-bond donors (Lipinski definition) is 1. The molecule has 1 aromatic rings. The van der Waals surface area contributed by atoms with Crippen LogP contribution >= 0.6 is 0 Å². The molecule has 0 bridgehead atoms. The highest BCUT2D eigenvalue weighted by molar-refractivity contribution is 5.88. The second kappa shape index (κ2) is 5.21. The third-order valence-corrected chi connectivity index (χ3v) is 2.58. The van der Waals surface area contributed by atoms with Crippen LogP contribution in [-0.4, -0.2) is 28.1 Å². The lowest BCUT2D eigenvalue weighted by molar-refractivity contribution is 0.0696. The third kappa shape index (κ3) is 3.32. The molecule has 4 heteroatoms. The van der Waals surface area contributed by atoms with E-state index in [0.29, 0.717) is 18.1 Å². The van der Waals surface area contributed by atoms with Crippen LogP contribution in [0, 0.1) is 6.92 Å². The van der Waals surface area contributed by atoms with E-state index in [1.54, 1.807) is 25.1 Å². The second-order valence-electron chi connectivity index (χ2n) is 5.23. The molecule has 1 aromatic heterocycles. The predicted molar refractivity (Wildman–Crippen MR) is 73.2 cm³/mol. The Kier molecular flexibility index (Phi) is 4.11. The summed E-state index contributed by atoms with van der Waals surface area (Å²) in [7, 11) is 0. The van der Waals surface area contributed by atoms with Gasteiger partial charge in [0.15, 0.2) is 0 Å². The number of carboxylic acid groups (broad SMARTS) is 1. The smallest absolute Gasteiger partial charge is 0.335 e. The van der Waals surface area contributed by atoms with Crippen LogP contribution in [-0.2, 0) is 0 Å². The van der Waals surface area contributed by atoms with Gasteiger partial charge in [0.2, 0.25) is 0 Å². The Morgan fingerprint density at radius 2 is 2.11 bits per heavy atom. The lowest BCUT2D eigenvalue weighted by Crippen LogP contribution is -2.42. The number of carboxylic acids is 1. The van der Waals surface area contributed by atoms with Gasteiger partial charge >= 0.3 is 5.97 Å². The normalized spacial score (nSPS) is 11.1. The maximum absolute atomic E-state index is 11.1. The van der Waals surface area contributed by atoms with Crippen LogP contribution in [0.1, 0.15) is 36.8 Å². The Hall–Kier alpha value is -1.84. The van der Waals surface area contributed by atoms with Crippen LogP contribution < -0.4 is 4.90 Å². The number of pyridine rings is 1. The Morgan fingerprint density at radius 3 is 2.56 bits per heavy atom. The average Bonchev–Trinajstić information content (AvgIpc) is 2.23. The quantitative estimate of drug-likeness (QED) is 0.832. The average molecular weight is 248 g/mol. The highest BCUT2D eigenvalue weighted by Crippen LogP contribution is 2.23. The maximum Gasteiger partial charge on any atom is 0.335 e. The zero-order chi connectivity index (χ0) is 13.9. The topological polar surface area (TPSA) is 53.4 Å². The van der Waals surface area contributed by atoms with Gasteiger partial charge in [-0.1, -0.05) is 6.08 Å². The molecule has 18 heavy (non-hydrogen) atoms. The first-order valence-corrected chi connectivity index (χ1v) is 5.86. The van der Waals surface area contributed by atoms with Gasteiger partial charge in [-0.2, -0.15) is 0 Å². The van der Waals surface area contributed by atoms with E-state index < -0.39 is 5.97 Å². The molecule has 0 aliphatic carbocycles. The summed E-state index contributed by atoms with van der Waals surface area (Å²) in [5.41, 5.74) is 0.809. The van der Waals surface area contributed by atoms with Gasteiger partial charge in [-0.15, -0.1) is 6.58 Å². The van der Waals surface area contributed by atoms with Crippen molar-refractivity contribution in [3.63, 3.8) is 0 Å². The first kappa shape index (κ1) is 14.2. The summed E-state index contributed by atoms with van der Waals surface area (Å²) >= 11 is 0. The van der Waals surface area contributed by atoms with Crippen LogP contribution in [0.2, 0.25) is 0 Å². The van der Waals surface area contributed by atoms with Crippen molar-refractivity contribution in [1.29, 1.82) is 0 Å². The number of carbonyl (C=O) groups is 1. The van der Waals surface area contributed by atoms with Gasteiger partial charge in [0, 0.05) is 17.8 Å². The van der Waals surface area contributed by atoms with Crippen molar-refractivity contribution in [1.82, 2.24) is 4.98 Å². The van der Waals surface area contributed by atoms with Crippen LogP contribution in [0.4, 0.5) is 5.82 Å². The summed E-state index contributed by atoms with van der Waals surface area (Å²) in [5, 5.41) is 9.08. The fourth-order valence-electron chi connectivity index (χ4n) is 1.75. The van der Waals surface area contributed by atoms with Crippen molar-refractivity contribution in [2.24, 2.45) is 0 Å². The third-order valence-electron chi connectivity index (χ3n) is 2.58. The maximum atomic E-state index is 11.1. The summed E-state index contributed by atoms with van der Waals surface area (Å²) in [6.07, 6.45) is 1.79. The van der Waals surface area contributed by atoms with Crippen LogP contribution in [0.3, 0.4) is 0 Å². The first-order chi connectivity index (χ1) is 8.25. The minimum Gasteiger partial charge on any atom is -0.478 e. The molecule has 0 saturated heterocycles. The van der Waals surface area contributed by atoms with Gasteiger partial charge in [0.25, 0.3) is 0 Å². The Bertz CT molecular complexity index is 461. The SMILES string of the molecule is C=CCN(c1cc(C(=O)O)cc(C)n1)C(C)(C)C. The van der Waals surface area contributed by atoms with E-state index in [2.05, 4.69) is 32.3 Å². The van der Waals surface area contributed by atoms with Crippen molar-refractivity contribution in [2.45, 2.75) is 33.2 Å². The first-order valence-electron chi connectivity index (χ1n) is 5.86. The fourth-order valence-corrected chi connectivity index (χ4v) is 1.75. The molecule has 0 saturated carbocycles. The molecular formula is C14H20N2O2. The number of nitrogens with zero attached hydrogens (tertiary/aromatic N) is 2. The van der Waals surface area contributed by atoms with Crippen LogP contribution in [0.5, 0.6) is 0 Å². The van der Waals surface area contributed by atoms with Gasteiger partial charge in [-0.25, -0.2) is 9.78 Å². The van der Waals surface area contributed by atoms with Crippen LogP contribution in [0.25, 0.3) is 0 Å². The molecule has 1 N–H and O–H groups in total. The minimum absolute atomic E-state index is 0.148. The van der Waals surface area contributed by atoms with Crippen molar-refractivity contribution in [3.05, 3.63) is 36.0 Å². The van der Waals surface area contributed by atoms with E-state index >= 15 is 0 Å². The number of aromatic nitrogens is 1. The number of rotatable bonds is 4. The second-order valence-corrected chi connectivity index (χ2v) is 5.23. The standard InChI is InChI=1S/C14H20N2O2/c1-6-7-16(14(3,4)5)12-9-11(13(17)18)8-10(2)15-12/h6,8-9H,1,7H2,2-5H3,(H,17,18). The predicted octanol–water partition coefficient (Wildman–Crippen LogP) is 2.88. The largest absolute Gasteiger partial charge is 0.478 e. The monoisotopic (exact) mass is 248 g/mol. The molecular weight excluding hydrogens is 228 g/mol. The summed E-state index contributed by atoms with van der Waals surface area (Å²) in [5.74, 6) is -0.269. The molecule has 0 aromatic carbocycles. The van der Waals surface area contributed by atoms with E-state index in [1.165, 1.54) is 0 Å². The van der Waals surface area contributed by atoms with Gasteiger partial charge in [-0.3, -0.25) is 0 Å². The molecule has 0 fully saturated rings. The Labute approximate surface area is 108 Å². The van der Waals surface area contributed by atoms with Gasteiger partial charge in [0.1, 0.15) is 5.82 Å². The van der Waals surface area contributed by atoms with Gasteiger partial charge in [0.05, 0.1) is 5.56 Å². The lowest BCUT2D eigenvalue weighted by Gasteiger charge is -2.36. The van der Waals surface area contributed by atoms with E-state index in [9.17, 15) is 4.79 Å². The molecule has 98 valence electrons. The van der Waals surface area contributed by atoms with Crippen molar-refractivity contribution in [3.8, 4) is 0 Å². The number of anilines is 1. The Morgan fingerprint density at radius 1 is 1.50 bits per heavy atom. The molecule has 0 radical (unpaired) electrons. The molecule has 1 rings (SSSR count). The van der Waals surface area contributed by atoms with Crippen LogP contribution in [0.15, 0.2) is 24.8 Å². The minimum atomic E-state index is -0.936. The van der Waals surface area contributed by atoms with E-state index in [1.807, 2.05) is 4.90 Å². The zero-order valence-corrected chi connectivity index (χ0v) is 11.4. The number of aryl methyl sites for hydroxylation is 1. The number of aromatic carboxylic acids is 1. The summed E-state index contributed by atoms with van der Waals surface area (Å²) < 4.78 is 0. The van der Waals surface area contributed by atoms with Crippen molar-refractivity contribution >= 4 is 11.8 Å². The van der Waals surface area contributed by atoms with Crippen molar-refractivity contribution < 1.29 is 9.90 Å². The molecule has 0 unspecified atom stereocenters. The van der Waals surface area contributed by atoms with Crippen molar-refractivity contribution in [2.75, 3.05) is 11.4 Å². The Balaban J connectivity index is 3.28. The molecule has 1 heterocycles. The molecule has 0 atom stereocenters. The van der Waals surface area contributed by atoms with E-state index in [4.69, 9.17) is 5.11 Å².